The average molecular weight is 438 g/mol. The van der Waals surface area contributed by atoms with Gasteiger partial charge >= 0.3 is 26.2 Å². The van der Waals surface area contributed by atoms with Gasteiger partial charge < -0.3 is 24.8 Å². The van der Waals surface area contributed by atoms with Gasteiger partial charge in [0.15, 0.2) is 6.33 Å². The third-order valence-corrected chi connectivity index (χ3v) is 3.50. The van der Waals surface area contributed by atoms with Crippen molar-refractivity contribution >= 4 is 10.8 Å². The van der Waals surface area contributed by atoms with E-state index in [4.69, 9.17) is 0 Å². The molecule has 0 aliphatic heterocycles. The van der Waals surface area contributed by atoms with Crippen molar-refractivity contribution < 1.29 is 51.0 Å². The molecule has 0 radical (unpaired) electrons. The molecule has 24 heavy (non-hydrogen) atoms. The van der Waals surface area contributed by atoms with Crippen LogP contribution in [0.4, 0.5) is 0 Å². The predicted octanol–water partition coefficient (Wildman–Crippen LogP) is -2.44. The van der Waals surface area contributed by atoms with E-state index in [1.807, 2.05) is 24.3 Å². The van der Waals surface area contributed by atoms with Crippen LogP contribution in [0.25, 0.3) is 16.5 Å². The fourth-order valence-electron chi connectivity index (χ4n) is 2.13. The van der Waals surface area contributed by atoms with E-state index in [1.165, 1.54) is 33.0 Å². The van der Waals surface area contributed by atoms with Crippen LogP contribution in [-0.2, 0) is 26.2 Å². The Hall–Kier alpha value is -1.29. The van der Waals surface area contributed by atoms with Gasteiger partial charge in [-0.15, -0.1) is 51.3 Å². The summed E-state index contributed by atoms with van der Waals surface area (Å²) in [7, 11) is 0. The summed E-state index contributed by atoms with van der Waals surface area (Å²) < 4.78 is 0. The van der Waals surface area contributed by atoms with Crippen molar-refractivity contribution in [3.8, 4) is 5.69 Å². The van der Waals surface area contributed by atoms with E-state index in [-0.39, 0.29) is 51.0 Å². The minimum atomic E-state index is 0. The van der Waals surface area contributed by atoms with Crippen molar-refractivity contribution in [2.24, 2.45) is 0 Å². The Bertz CT molecular complexity index is 788. The SMILES string of the molecule is Cc1ccc[c-]1C.[Cl-].[Cl-].[Zr+4].c1ccc2[cH-]c(-n3ncnn3)cc2c1. The number of hydrogen-bond donors (Lipinski definition) is 0. The van der Waals surface area contributed by atoms with Crippen molar-refractivity contribution in [2.45, 2.75) is 13.8 Å². The van der Waals surface area contributed by atoms with Crippen molar-refractivity contribution in [1.82, 2.24) is 20.2 Å². The Balaban J connectivity index is 0.000000463. The summed E-state index contributed by atoms with van der Waals surface area (Å²) in [6.45, 7) is 4.24. The molecule has 0 unspecified atom stereocenters. The summed E-state index contributed by atoms with van der Waals surface area (Å²) in [5.74, 6) is 0. The zero-order chi connectivity index (χ0) is 14.7. The maximum absolute atomic E-state index is 3.98. The van der Waals surface area contributed by atoms with Gasteiger partial charge in [0.25, 0.3) is 0 Å². The molecule has 4 nitrogen and oxygen atoms in total. The van der Waals surface area contributed by atoms with Crippen LogP contribution in [-0.4, -0.2) is 20.2 Å². The zero-order valence-electron chi connectivity index (χ0n) is 13.3. The molecule has 0 amide bonds. The van der Waals surface area contributed by atoms with E-state index >= 15 is 0 Å². The van der Waals surface area contributed by atoms with Gasteiger partial charge in [-0.25, -0.2) is 12.1 Å². The second kappa shape index (κ2) is 10.6. The third-order valence-electron chi connectivity index (χ3n) is 3.50. The molecule has 7 heteroatoms. The van der Waals surface area contributed by atoms with Gasteiger partial charge in [-0.1, -0.05) is 19.9 Å². The van der Waals surface area contributed by atoms with Gasteiger partial charge in [0.1, 0.15) is 0 Å². The van der Waals surface area contributed by atoms with Gasteiger partial charge in [-0.3, -0.25) is 0 Å². The number of rotatable bonds is 1. The van der Waals surface area contributed by atoms with E-state index in [1.54, 1.807) is 0 Å². The fourth-order valence-corrected chi connectivity index (χ4v) is 2.13. The van der Waals surface area contributed by atoms with E-state index in [0.29, 0.717) is 0 Å². The maximum atomic E-state index is 3.98. The number of benzene rings is 1. The topological polar surface area (TPSA) is 43.6 Å². The van der Waals surface area contributed by atoms with Crippen LogP contribution in [0.5, 0.6) is 0 Å². The smallest absolute Gasteiger partial charge is 1.00 e. The number of hydrogen-bond acceptors (Lipinski definition) is 3. The molecule has 0 atom stereocenters. The summed E-state index contributed by atoms with van der Waals surface area (Å²) in [6, 6.07) is 18.6. The average Bonchev–Trinajstić information content (AvgIpc) is 3.21. The van der Waals surface area contributed by atoms with Gasteiger partial charge in [0, 0.05) is 0 Å². The Kier molecular flexibility index (Phi) is 9.99. The molecular weight excluding hydrogens is 422 g/mol. The number of tetrazole rings is 1. The minimum Gasteiger partial charge on any atom is -1.00 e. The second-order valence-corrected chi connectivity index (χ2v) is 4.96. The second-order valence-electron chi connectivity index (χ2n) is 4.96. The first-order valence-corrected chi connectivity index (χ1v) is 6.82. The normalized spacial score (nSPS) is 9.08. The molecular formula is C17H16Cl2N4Zr. The molecule has 1 aromatic heterocycles. The van der Waals surface area contributed by atoms with Crippen molar-refractivity contribution in [1.29, 1.82) is 0 Å². The van der Waals surface area contributed by atoms with Crippen LogP contribution < -0.4 is 24.8 Å². The summed E-state index contributed by atoms with van der Waals surface area (Å²) in [5, 5.41) is 13.9. The Labute approximate surface area is 172 Å². The van der Waals surface area contributed by atoms with Crippen LogP contribution >= 0.6 is 0 Å². The number of nitrogens with zero attached hydrogens (tertiary/aromatic N) is 4. The van der Waals surface area contributed by atoms with Crippen LogP contribution in [0.15, 0.2) is 60.9 Å². The predicted molar refractivity (Wildman–Crippen MR) is 83.8 cm³/mol. The molecule has 3 aromatic carbocycles. The Morgan fingerprint density at radius 3 is 2.33 bits per heavy atom. The first-order chi connectivity index (χ1) is 10.2. The molecule has 0 saturated heterocycles. The van der Waals surface area contributed by atoms with Gasteiger partial charge in [-0.05, 0) is 10.9 Å². The molecule has 0 spiro atoms. The first kappa shape index (κ1) is 22.7. The quantitative estimate of drug-likeness (QED) is 0.311. The standard InChI is InChI=1S/C10H7N4.C7H9.2ClH.Zr/c1-2-4-9-6-10(5-8(9)3-1)14-12-7-11-13-14;1-6-4-3-5-7(6)2;;;/h1-7H;3-5H,1-2H3;2*1H;/q2*-1;;;+4/p-2. The van der Waals surface area contributed by atoms with E-state index in [2.05, 4.69) is 59.6 Å². The molecule has 0 saturated carbocycles. The Morgan fingerprint density at radius 1 is 1.08 bits per heavy atom. The summed E-state index contributed by atoms with van der Waals surface area (Å²) in [5.41, 5.74) is 3.73. The Morgan fingerprint density at radius 2 is 1.83 bits per heavy atom. The summed E-state index contributed by atoms with van der Waals surface area (Å²) in [4.78, 5) is 1.51. The summed E-state index contributed by atoms with van der Waals surface area (Å²) in [6.07, 6.45) is 1.43. The fraction of sp³-hybridized carbons (Fsp3) is 0.118. The molecule has 0 aliphatic rings. The molecule has 4 rings (SSSR count). The van der Waals surface area contributed by atoms with Gasteiger partial charge in [0.2, 0.25) is 0 Å². The first-order valence-electron chi connectivity index (χ1n) is 6.82. The molecule has 0 bridgehead atoms. The minimum absolute atomic E-state index is 0. The molecule has 0 N–H and O–H groups in total. The number of fused-ring (bicyclic) bond motifs is 1. The van der Waals surface area contributed by atoms with Crippen LogP contribution in [0.2, 0.25) is 0 Å². The number of aryl methyl sites for hydroxylation is 2. The monoisotopic (exact) mass is 436 g/mol. The molecule has 0 fully saturated rings. The van der Waals surface area contributed by atoms with Crippen molar-refractivity contribution in [3.63, 3.8) is 0 Å². The molecule has 1 heterocycles. The number of halogens is 2. The molecule has 122 valence electrons. The zero-order valence-corrected chi connectivity index (χ0v) is 17.3. The van der Waals surface area contributed by atoms with E-state index in [9.17, 15) is 0 Å². The van der Waals surface area contributed by atoms with Gasteiger partial charge in [0.05, 0.1) is 0 Å². The molecule has 0 aliphatic carbocycles. The molecule has 4 aromatic rings. The van der Waals surface area contributed by atoms with Crippen LogP contribution in [0.3, 0.4) is 0 Å². The van der Waals surface area contributed by atoms with E-state index in [0.717, 1.165) is 5.69 Å². The number of aromatic nitrogens is 4. The van der Waals surface area contributed by atoms with Crippen molar-refractivity contribution in [3.05, 3.63) is 72.1 Å². The van der Waals surface area contributed by atoms with Crippen LogP contribution in [0.1, 0.15) is 11.1 Å². The third kappa shape index (κ3) is 5.37. The van der Waals surface area contributed by atoms with Gasteiger partial charge in [-0.2, -0.15) is 22.0 Å². The van der Waals surface area contributed by atoms with E-state index < -0.39 is 0 Å². The largest absolute Gasteiger partial charge is 4.00 e. The summed E-state index contributed by atoms with van der Waals surface area (Å²) >= 11 is 0. The van der Waals surface area contributed by atoms with Crippen molar-refractivity contribution in [2.75, 3.05) is 0 Å². The maximum Gasteiger partial charge on any atom is 4.00 e. The van der Waals surface area contributed by atoms with Crippen LogP contribution in [0, 0.1) is 13.8 Å².